The molecule has 0 amide bonds. The molecule has 5 nitrogen and oxygen atoms in total. The number of nitrogens with one attached hydrogen (secondary N) is 1. The number of halogens is 2. The molecule has 1 saturated heterocycles. The lowest BCUT2D eigenvalue weighted by Crippen LogP contribution is -2.39. The molecule has 31 heavy (non-hydrogen) atoms. The van der Waals surface area contributed by atoms with E-state index in [0.717, 1.165) is 29.0 Å². The Hall–Kier alpha value is -2.13. The molecule has 2 fully saturated rings. The highest BCUT2D eigenvalue weighted by Gasteiger charge is 2.34. The molecular weight excluding hydrogens is 442 g/mol. The number of hydrogen-bond donors (Lipinski definition) is 2. The van der Waals surface area contributed by atoms with Crippen LogP contribution >= 0.6 is 11.9 Å². The van der Waals surface area contributed by atoms with Crippen LogP contribution in [0.3, 0.4) is 0 Å². The smallest absolute Gasteiger partial charge is 0.335 e. The van der Waals surface area contributed by atoms with Crippen LogP contribution in [0.1, 0.15) is 47.5 Å². The van der Waals surface area contributed by atoms with Gasteiger partial charge in [-0.05, 0) is 66.6 Å². The number of carbonyl (C=O) groups is 1. The molecule has 0 radical (unpaired) electrons. The molecule has 166 valence electrons. The van der Waals surface area contributed by atoms with Gasteiger partial charge in [0.2, 0.25) is 0 Å². The third-order valence-electron chi connectivity index (χ3n) is 5.68. The van der Waals surface area contributed by atoms with Crippen LogP contribution in [-0.2, 0) is 10.8 Å². The van der Waals surface area contributed by atoms with Crippen LogP contribution in [0.15, 0.2) is 46.2 Å². The second-order valence-corrected chi connectivity index (χ2v) is 10.2. The molecule has 2 aromatic carbocycles. The summed E-state index contributed by atoms with van der Waals surface area (Å²) in [5.74, 6) is -3.19. The number of hydrogen-bond acceptors (Lipinski definition) is 5. The molecule has 1 atom stereocenters. The summed E-state index contributed by atoms with van der Waals surface area (Å²) in [6.07, 6.45) is 3.35. The lowest BCUT2D eigenvalue weighted by molar-refractivity contribution is -0.0220. The van der Waals surface area contributed by atoms with Gasteiger partial charge in [-0.3, -0.25) is 4.21 Å². The van der Waals surface area contributed by atoms with Gasteiger partial charge in [-0.25, -0.2) is 13.6 Å². The second-order valence-electron chi connectivity index (χ2n) is 8.01. The molecule has 2 N–H and O–H groups in total. The van der Waals surface area contributed by atoms with Crippen LogP contribution in [0.25, 0.3) is 0 Å². The fraction of sp³-hybridized carbons (Fsp3) is 0.409. The Morgan fingerprint density at radius 2 is 1.90 bits per heavy atom. The molecule has 4 rings (SSSR count). The molecule has 1 unspecified atom stereocenters. The number of rotatable bonds is 7. The van der Waals surface area contributed by atoms with E-state index in [1.54, 1.807) is 30.5 Å². The highest BCUT2D eigenvalue weighted by molar-refractivity contribution is 8.00. The van der Waals surface area contributed by atoms with Gasteiger partial charge in [-0.1, -0.05) is 6.07 Å². The molecule has 1 heterocycles. The molecule has 1 aliphatic heterocycles. The van der Waals surface area contributed by atoms with Gasteiger partial charge in [-0.2, -0.15) is 0 Å². The number of benzene rings is 2. The maximum absolute atomic E-state index is 13.6. The molecular formula is C22H24F2N2O3S2. The first-order valence-electron chi connectivity index (χ1n) is 10.1. The summed E-state index contributed by atoms with van der Waals surface area (Å²) in [6, 6.07) is 10.5. The third-order valence-corrected chi connectivity index (χ3v) is 7.50. The number of carboxylic acids is 1. The standard InChI is InChI=1S/C22H24F2N2O3S2/c1-31(29)16-5-7-19(26-10-8-22(23,24)9-11-26)18(13-16)25-30-20-12-15(21(27)28)4-6-17(20)14-2-3-14/h4-7,12-14,25H,2-3,8-11H2,1H3,(H,27,28). The summed E-state index contributed by atoms with van der Waals surface area (Å²) in [5.41, 5.74) is 2.79. The van der Waals surface area contributed by atoms with Gasteiger partial charge in [0.05, 0.1) is 16.9 Å². The maximum Gasteiger partial charge on any atom is 0.335 e. The minimum atomic E-state index is -2.64. The summed E-state index contributed by atoms with van der Waals surface area (Å²) in [4.78, 5) is 14.8. The minimum Gasteiger partial charge on any atom is -0.478 e. The first-order chi connectivity index (χ1) is 14.7. The van der Waals surface area contributed by atoms with Crippen LogP contribution in [-0.4, -0.2) is 40.6 Å². The molecule has 1 saturated carbocycles. The quantitative estimate of drug-likeness (QED) is 0.536. The summed E-state index contributed by atoms with van der Waals surface area (Å²) in [6.45, 7) is 0.478. The highest BCUT2D eigenvalue weighted by atomic mass is 32.2. The van der Waals surface area contributed by atoms with E-state index >= 15 is 0 Å². The maximum atomic E-state index is 13.6. The zero-order chi connectivity index (χ0) is 22.2. The molecule has 0 spiro atoms. The molecule has 2 aliphatic rings. The van der Waals surface area contributed by atoms with Crippen molar-refractivity contribution in [1.82, 2.24) is 0 Å². The van der Waals surface area contributed by atoms with E-state index in [1.165, 1.54) is 11.9 Å². The second kappa shape index (κ2) is 8.78. The number of carboxylic acid groups (broad SMARTS) is 1. The highest BCUT2D eigenvalue weighted by Crippen LogP contribution is 2.45. The van der Waals surface area contributed by atoms with Crippen molar-refractivity contribution in [2.45, 2.75) is 47.3 Å². The van der Waals surface area contributed by atoms with Crippen molar-refractivity contribution < 1.29 is 22.9 Å². The first-order valence-corrected chi connectivity index (χ1v) is 12.5. The van der Waals surface area contributed by atoms with Crippen LogP contribution in [0.2, 0.25) is 0 Å². The number of alkyl halides is 2. The van der Waals surface area contributed by atoms with Crippen LogP contribution in [0.4, 0.5) is 20.2 Å². The molecule has 1 aliphatic carbocycles. The Balaban J connectivity index is 1.61. The third kappa shape index (κ3) is 5.20. The van der Waals surface area contributed by atoms with Crippen LogP contribution < -0.4 is 9.62 Å². The van der Waals surface area contributed by atoms with Crippen molar-refractivity contribution >= 4 is 40.1 Å². The first kappa shape index (κ1) is 22.1. The zero-order valence-electron chi connectivity index (χ0n) is 17.1. The average Bonchev–Trinajstić information content (AvgIpc) is 3.57. The predicted octanol–water partition coefficient (Wildman–Crippen LogP) is 5.35. The number of piperidine rings is 1. The molecule has 9 heteroatoms. The Bertz CT molecular complexity index is 1020. The molecule has 0 aromatic heterocycles. The molecule has 0 bridgehead atoms. The van der Waals surface area contributed by atoms with E-state index in [9.17, 15) is 22.9 Å². The average molecular weight is 467 g/mol. The summed E-state index contributed by atoms with van der Waals surface area (Å²) >= 11 is 1.31. The Morgan fingerprint density at radius 3 is 2.52 bits per heavy atom. The van der Waals surface area contributed by atoms with Gasteiger partial charge in [0, 0.05) is 52.8 Å². The Labute approximate surface area is 186 Å². The molecule has 2 aromatic rings. The lowest BCUT2D eigenvalue weighted by Gasteiger charge is -2.34. The van der Waals surface area contributed by atoms with Gasteiger partial charge < -0.3 is 14.7 Å². The van der Waals surface area contributed by atoms with Gasteiger partial charge in [0.15, 0.2) is 0 Å². The fourth-order valence-electron chi connectivity index (χ4n) is 3.72. The summed E-state index contributed by atoms with van der Waals surface area (Å²) < 4.78 is 42.6. The van der Waals surface area contributed by atoms with Gasteiger partial charge in [0.25, 0.3) is 5.92 Å². The lowest BCUT2D eigenvalue weighted by atomic mass is 10.1. The van der Waals surface area contributed by atoms with Crippen molar-refractivity contribution in [3.8, 4) is 0 Å². The van der Waals surface area contributed by atoms with E-state index in [2.05, 4.69) is 4.72 Å². The van der Waals surface area contributed by atoms with E-state index in [4.69, 9.17) is 0 Å². The van der Waals surface area contributed by atoms with Crippen molar-refractivity contribution in [2.75, 3.05) is 29.0 Å². The van der Waals surface area contributed by atoms with Crippen molar-refractivity contribution in [3.05, 3.63) is 47.5 Å². The zero-order valence-corrected chi connectivity index (χ0v) is 18.7. The predicted molar refractivity (Wildman–Crippen MR) is 120 cm³/mol. The van der Waals surface area contributed by atoms with Crippen molar-refractivity contribution in [3.63, 3.8) is 0 Å². The summed E-state index contributed by atoms with van der Waals surface area (Å²) in [7, 11) is -1.19. The summed E-state index contributed by atoms with van der Waals surface area (Å²) in [5, 5.41) is 9.36. The largest absolute Gasteiger partial charge is 0.478 e. The topological polar surface area (TPSA) is 69.6 Å². The number of nitrogens with zero attached hydrogens (tertiary/aromatic N) is 1. The van der Waals surface area contributed by atoms with Gasteiger partial charge in [-0.15, -0.1) is 0 Å². The minimum absolute atomic E-state index is 0.201. The monoisotopic (exact) mass is 466 g/mol. The SMILES string of the molecule is CS(=O)c1ccc(N2CCC(F)(F)CC2)c(NSc2cc(C(=O)O)ccc2C2CC2)c1. The van der Waals surface area contributed by atoms with Gasteiger partial charge in [0.1, 0.15) is 0 Å². The van der Waals surface area contributed by atoms with Crippen molar-refractivity contribution in [1.29, 1.82) is 0 Å². The van der Waals surface area contributed by atoms with Crippen molar-refractivity contribution in [2.24, 2.45) is 0 Å². The van der Waals surface area contributed by atoms with E-state index in [0.29, 0.717) is 16.5 Å². The number of aromatic carboxylic acids is 1. The van der Waals surface area contributed by atoms with Crippen LogP contribution in [0.5, 0.6) is 0 Å². The van der Waals surface area contributed by atoms with E-state index < -0.39 is 22.7 Å². The van der Waals surface area contributed by atoms with Gasteiger partial charge >= 0.3 is 5.97 Å². The Kier molecular flexibility index (Phi) is 6.25. The number of anilines is 2. The normalized spacial score (nSPS) is 19.1. The van der Waals surface area contributed by atoms with Crippen LogP contribution in [0, 0.1) is 0 Å². The van der Waals surface area contributed by atoms with E-state index in [1.807, 2.05) is 17.0 Å². The fourth-order valence-corrected chi connectivity index (χ4v) is 5.19. The Morgan fingerprint density at radius 1 is 1.19 bits per heavy atom. The van der Waals surface area contributed by atoms with E-state index in [-0.39, 0.29) is 31.5 Å².